The maximum atomic E-state index is 12.3. The molecule has 1 aliphatic rings. The minimum atomic E-state index is -5.07. The lowest BCUT2D eigenvalue weighted by molar-refractivity contribution is -0.149. The highest BCUT2D eigenvalue weighted by molar-refractivity contribution is 6.66. The SMILES string of the molecule is C=C(CN1CCN(CC(F)(F)F)CC1)[B-](F)(F)F. The van der Waals surface area contributed by atoms with Gasteiger partial charge in [0, 0.05) is 26.2 Å². The van der Waals surface area contributed by atoms with Crippen LogP contribution < -0.4 is 0 Å². The van der Waals surface area contributed by atoms with Crippen LogP contribution in [0, 0.1) is 0 Å². The summed E-state index contributed by atoms with van der Waals surface area (Å²) in [5.41, 5.74) is -0.806. The standard InChI is InChI=1S/C9H14BF6N2/c1-8(10(14,15)16)6-17-2-4-18(5-3-17)7-9(11,12)13/h1-7H2/q-1. The second-order valence-corrected chi connectivity index (χ2v) is 4.40. The average Bonchev–Trinajstić information content (AvgIpc) is 2.17. The molecular formula is C9H14BF6N2-. The summed E-state index contributed by atoms with van der Waals surface area (Å²) in [4.78, 5) is 2.67. The van der Waals surface area contributed by atoms with Crippen LogP contribution >= 0.6 is 0 Å². The Morgan fingerprint density at radius 3 is 1.83 bits per heavy atom. The van der Waals surface area contributed by atoms with Gasteiger partial charge in [0.05, 0.1) is 6.54 Å². The Kier molecular flexibility index (Phi) is 4.71. The van der Waals surface area contributed by atoms with Crippen LogP contribution in [0.15, 0.2) is 12.1 Å². The van der Waals surface area contributed by atoms with Crippen molar-refractivity contribution in [1.29, 1.82) is 0 Å². The number of piperazine rings is 1. The van der Waals surface area contributed by atoms with Gasteiger partial charge in [-0.05, 0) is 6.54 Å². The Hall–Kier alpha value is -0.695. The molecule has 1 fully saturated rings. The summed E-state index contributed by atoms with van der Waals surface area (Å²) < 4.78 is 73.1. The van der Waals surface area contributed by atoms with Gasteiger partial charge in [-0.15, -0.1) is 12.1 Å². The fourth-order valence-electron chi connectivity index (χ4n) is 1.75. The number of alkyl halides is 3. The van der Waals surface area contributed by atoms with Crippen LogP contribution in [-0.4, -0.2) is 62.2 Å². The largest absolute Gasteiger partial charge is 0.506 e. The quantitative estimate of drug-likeness (QED) is 0.572. The fourth-order valence-corrected chi connectivity index (χ4v) is 1.75. The maximum absolute atomic E-state index is 12.3. The third kappa shape index (κ3) is 5.30. The molecule has 0 saturated carbocycles. The Labute approximate surface area is 101 Å². The molecule has 1 rings (SSSR count). The van der Waals surface area contributed by atoms with Gasteiger partial charge in [0.25, 0.3) is 0 Å². The maximum Gasteiger partial charge on any atom is 0.506 e. The summed E-state index contributed by atoms with van der Waals surface area (Å²) in [6.07, 6.45) is -4.26. The third-order valence-electron chi connectivity index (χ3n) is 2.76. The van der Waals surface area contributed by atoms with Crippen LogP contribution in [0.2, 0.25) is 0 Å². The van der Waals surface area contributed by atoms with Crippen molar-refractivity contribution in [2.45, 2.75) is 6.18 Å². The Morgan fingerprint density at radius 2 is 1.44 bits per heavy atom. The van der Waals surface area contributed by atoms with E-state index in [2.05, 4.69) is 6.58 Å². The number of rotatable bonds is 4. The van der Waals surface area contributed by atoms with E-state index in [0.29, 0.717) is 0 Å². The van der Waals surface area contributed by atoms with Gasteiger partial charge >= 0.3 is 13.2 Å². The zero-order chi connectivity index (χ0) is 14.0. The van der Waals surface area contributed by atoms with Crippen molar-refractivity contribution in [2.24, 2.45) is 0 Å². The van der Waals surface area contributed by atoms with Gasteiger partial charge in [-0.3, -0.25) is 9.80 Å². The molecule has 9 heteroatoms. The topological polar surface area (TPSA) is 6.48 Å². The first kappa shape index (κ1) is 15.4. The molecular weight excluding hydrogens is 261 g/mol. The summed E-state index contributed by atoms with van der Waals surface area (Å²) in [6, 6.07) is 0. The summed E-state index contributed by atoms with van der Waals surface area (Å²) in [6.45, 7) is -2.79. The van der Waals surface area contributed by atoms with Crippen LogP contribution in [0.1, 0.15) is 0 Å². The number of nitrogens with zero attached hydrogens (tertiary/aromatic N) is 2. The van der Waals surface area contributed by atoms with Gasteiger partial charge in [0.15, 0.2) is 0 Å². The van der Waals surface area contributed by atoms with Gasteiger partial charge in [0.2, 0.25) is 0 Å². The highest BCUT2D eigenvalue weighted by atomic mass is 19.4. The monoisotopic (exact) mass is 275 g/mol. The lowest BCUT2D eigenvalue weighted by Gasteiger charge is -2.36. The van der Waals surface area contributed by atoms with Crippen molar-refractivity contribution >= 4 is 6.98 Å². The van der Waals surface area contributed by atoms with Gasteiger partial charge in [-0.2, -0.15) is 13.2 Å². The highest BCUT2D eigenvalue weighted by Crippen LogP contribution is 2.21. The van der Waals surface area contributed by atoms with Crippen LogP contribution in [0.4, 0.5) is 26.1 Å². The van der Waals surface area contributed by atoms with E-state index in [1.165, 1.54) is 9.80 Å². The van der Waals surface area contributed by atoms with E-state index in [4.69, 9.17) is 0 Å². The van der Waals surface area contributed by atoms with Crippen LogP contribution in [0.5, 0.6) is 0 Å². The molecule has 1 heterocycles. The molecule has 0 bridgehead atoms. The highest BCUT2D eigenvalue weighted by Gasteiger charge is 2.33. The summed E-state index contributed by atoms with van der Waals surface area (Å²) in [7, 11) is 0. The third-order valence-corrected chi connectivity index (χ3v) is 2.76. The normalized spacial score (nSPS) is 20.1. The minimum absolute atomic E-state index is 0.123. The molecule has 0 amide bonds. The second kappa shape index (κ2) is 5.52. The summed E-state index contributed by atoms with van der Waals surface area (Å²) >= 11 is 0. The first-order valence-corrected chi connectivity index (χ1v) is 5.47. The zero-order valence-corrected chi connectivity index (χ0v) is 9.69. The van der Waals surface area contributed by atoms with Gasteiger partial charge in [0.1, 0.15) is 0 Å². The van der Waals surface area contributed by atoms with Crippen LogP contribution in [-0.2, 0) is 0 Å². The number of hydrogen-bond donors (Lipinski definition) is 0. The molecule has 0 aliphatic carbocycles. The van der Waals surface area contributed by atoms with E-state index in [1.807, 2.05) is 0 Å². The Bertz CT molecular complexity index is 292. The van der Waals surface area contributed by atoms with Crippen molar-refractivity contribution in [3.05, 3.63) is 12.1 Å². The molecule has 0 aromatic carbocycles. The lowest BCUT2D eigenvalue weighted by atomic mass is 9.80. The van der Waals surface area contributed by atoms with Gasteiger partial charge in [-0.25, -0.2) is 0 Å². The Balaban J connectivity index is 2.34. The smallest absolute Gasteiger partial charge is 0.445 e. The van der Waals surface area contributed by atoms with E-state index in [1.54, 1.807) is 0 Å². The molecule has 0 N–H and O–H groups in total. The summed E-state index contributed by atoms with van der Waals surface area (Å²) in [5, 5.41) is 0. The van der Waals surface area contributed by atoms with E-state index in [-0.39, 0.29) is 32.7 Å². The lowest BCUT2D eigenvalue weighted by Crippen LogP contribution is -2.50. The molecule has 1 saturated heterocycles. The predicted molar refractivity (Wildman–Crippen MR) is 57.2 cm³/mol. The zero-order valence-electron chi connectivity index (χ0n) is 9.69. The predicted octanol–water partition coefficient (Wildman–Crippen LogP) is 2.11. The molecule has 18 heavy (non-hydrogen) atoms. The molecule has 0 atom stereocenters. The van der Waals surface area contributed by atoms with Crippen molar-refractivity contribution in [2.75, 3.05) is 39.3 Å². The van der Waals surface area contributed by atoms with E-state index >= 15 is 0 Å². The molecule has 0 unspecified atom stereocenters. The minimum Gasteiger partial charge on any atom is -0.445 e. The van der Waals surface area contributed by atoms with Gasteiger partial charge in [-0.1, -0.05) is 0 Å². The summed E-state index contributed by atoms with van der Waals surface area (Å²) in [5.74, 6) is 0. The van der Waals surface area contributed by atoms with Crippen molar-refractivity contribution in [3.63, 3.8) is 0 Å². The number of halogens is 6. The number of hydrogen-bond acceptors (Lipinski definition) is 2. The van der Waals surface area contributed by atoms with Crippen molar-refractivity contribution in [3.8, 4) is 0 Å². The molecule has 0 spiro atoms. The first-order chi connectivity index (χ1) is 8.08. The van der Waals surface area contributed by atoms with Gasteiger partial charge < -0.3 is 12.9 Å². The molecule has 2 nitrogen and oxygen atoms in total. The first-order valence-electron chi connectivity index (χ1n) is 5.47. The average molecular weight is 275 g/mol. The van der Waals surface area contributed by atoms with Crippen molar-refractivity contribution in [1.82, 2.24) is 9.80 Å². The molecule has 106 valence electrons. The second-order valence-electron chi connectivity index (χ2n) is 4.40. The van der Waals surface area contributed by atoms with Crippen LogP contribution in [0.25, 0.3) is 0 Å². The Morgan fingerprint density at radius 1 is 1.00 bits per heavy atom. The molecule has 1 aliphatic heterocycles. The van der Waals surface area contributed by atoms with Crippen molar-refractivity contribution < 1.29 is 26.1 Å². The molecule has 0 radical (unpaired) electrons. The fraction of sp³-hybridized carbons (Fsp3) is 0.778. The molecule has 0 aromatic rings. The van der Waals surface area contributed by atoms with E-state index in [0.717, 1.165) is 0 Å². The van der Waals surface area contributed by atoms with Crippen LogP contribution in [0.3, 0.4) is 0 Å². The van der Waals surface area contributed by atoms with E-state index < -0.39 is 25.2 Å². The van der Waals surface area contributed by atoms with E-state index in [9.17, 15) is 26.1 Å². The molecule has 0 aromatic heterocycles.